The molecule has 0 aliphatic carbocycles. The van der Waals surface area contributed by atoms with E-state index in [1.165, 1.54) is 12.8 Å². The van der Waals surface area contributed by atoms with Gasteiger partial charge in [-0.15, -0.1) is 0 Å². The van der Waals surface area contributed by atoms with Crippen molar-refractivity contribution in [1.82, 2.24) is 5.32 Å². The Morgan fingerprint density at radius 3 is 3.00 bits per heavy atom. The standard InChI is InChI=1S/C14H19N3O/c15-14(12-3-1-2-6-16-12)9-4-5-11-10(7-9)8-13(18)17-11/h4-5,7,12,14,16H,1-3,6,8,15H2,(H,17,18). The van der Waals surface area contributed by atoms with Crippen molar-refractivity contribution < 1.29 is 4.79 Å². The Morgan fingerprint density at radius 2 is 2.22 bits per heavy atom. The van der Waals surface area contributed by atoms with Crippen LogP contribution < -0.4 is 16.4 Å². The molecule has 4 heteroatoms. The predicted molar refractivity (Wildman–Crippen MR) is 71.3 cm³/mol. The van der Waals surface area contributed by atoms with Gasteiger partial charge in [0.05, 0.1) is 6.42 Å². The lowest BCUT2D eigenvalue weighted by atomic mass is 9.92. The van der Waals surface area contributed by atoms with Gasteiger partial charge in [0.25, 0.3) is 0 Å². The highest BCUT2D eigenvalue weighted by molar-refractivity contribution is 5.99. The number of hydrogen-bond acceptors (Lipinski definition) is 3. The number of fused-ring (bicyclic) bond motifs is 1. The number of benzene rings is 1. The molecule has 2 heterocycles. The molecular weight excluding hydrogens is 226 g/mol. The third kappa shape index (κ3) is 2.13. The number of nitrogens with one attached hydrogen (secondary N) is 2. The van der Waals surface area contributed by atoms with Crippen molar-refractivity contribution in [1.29, 1.82) is 0 Å². The number of piperidine rings is 1. The number of anilines is 1. The molecule has 2 aliphatic rings. The van der Waals surface area contributed by atoms with E-state index < -0.39 is 0 Å². The van der Waals surface area contributed by atoms with E-state index in [9.17, 15) is 4.79 Å². The van der Waals surface area contributed by atoms with Crippen LogP contribution in [0.4, 0.5) is 5.69 Å². The van der Waals surface area contributed by atoms with E-state index in [0.29, 0.717) is 12.5 Å². The minimum Gasteiger partial charge on any atom is -0.326 e. The molecule has 2 aliphatic heterocycles. The van der Waals surface area contributed by atoms with Crippen LogP contribution in [0.2, 0.25) is 0 Å². The first-order chi connectivity index (χ1) is 8.74. The fourth-order valence-corrected chi connectivity index (χ4v) is 2.87. The maximum atomic E-state index is 11.3. The minimum atomic E-state index is 0.0197. The number of nitrogens with two attached hydrogens (primary N) is 1. The van der Waals surface area contributed by atoms with Crippen LogP contribution in [0, 0.1) is 0 Å². The molecule has 18 heavy (non-hydrogen) atoms. The number of rotatable bonds is 2. The molecule has 2 atom stereocenters. The lowest BCUT2D eigenvalue weighted by Crippen LogP contribution is -2.42. The van der Waals surface area contributed by atoms with Crippen molar-refractivity contribution >= 4 is 11.6 Å². The Balaban J connectivity index is 1.80. The van der Waals surface area contributed by atoms with Crippen LogP contribution in [-0.2, 0) is 11.2 Å². The normalized spacial score (nSPS) is 24.5. The number of carbonyl (C=O) groups excluding carboxylic acids is 1. The van der Waals surface area contributed by atoms with Gasteiger partial charge in [0.2, 0.25) is 5.91 Å². The molecule has 1 saturated heterocycles. The van der Waals surface area contributed by atoms with Crippen molar-refractivity contribution in [3.05, 3.63) is 29.3 Å². The lowest BCUT2D eigenvalue weighted by molar-refractivity contribution is -0.115. The van der Waals surface area contributed by atoms with Crippen LogP contribution in [0.1, 0.15) is 36.4 Å². The van der Waals surface area contributed by atoms with Gasteiger partial charge in [-0.2, -0.15) is 0 Å². The first kappa shape index (κ1) is 11.7. The van der Waals surface area contributed by atoms with E-state index in [2.05, 4.69) is 16.7 Å². The van der Waals surface area contributed by atoms with Crippen molar-refractivity contribution in [3.63, 3.8) is 0 Å². The Kier molecular flexibility index (Phi) is 3.06. The highest BCUT2D eigenvalue weighted by atomic mass is 16.1. The summed E-state index contributed by atoms with van der Waals surface area (Å²) in [6, 6.07) is 6.46. The van der Waals surface area contributed by atoms with E-state index in [1.54, 1.807) is 0 Å². The lowest BCUT2D eigenvalue weighted by Gasteiger charge is -2.29. The van der Waals surface area contributed by atoms with E-state index in [-0.39, 0.29) is 11.9 Å². The summed E-state index contributed by atoms with van der Waals surface area (Å²) < 4.78 is 0. The second-order valence-electron chi connectivity index (χ2n) is 5.22. The summed E-state index contributed by atoms with van der Waals surface area (Å²) in [6.45, 7) is 1.06. The van der Waals surface area contributed by atoms with Crippen LogP contribution in [0.3, 0.4) is 0 Å². The Hall–Kier alpha value is -1.39. The minimum absolute atomic E-state index is 0.0197. The summed E-state index contributed by atoms with van der Waals surface area (Å²) in [5.41, 5.74) is 9.47. The fraction of sp³-hybridized carbons (Fsp3) is 0.500. The van der Waals surface area contributed by atoms with Crippen LogP contribution in [-0.4, -0.2) is 18.5 Å². The van der Waals surface area contributed by atoms with Crippen LogP contribution in [0.25, 0.3) is 0 Å². The molecule has 4 N–H and O–H groups in total. The highest BCUT2D eigenvalue weighted by Crippen LogP contribution is 2.28. The summed E-state index contributed by atoms with van der Waals surface area (Å²) >= 11 is 0. The first-order valence-electron chi connectivity index (χ1n) is 6.66. The molecule has 0 aromatic heterocycles. The average molecular weight is 245 g/mol. The van der Waals surface area contributed by atoms with E-state index >= 15 is 0 Å². The molecule has 96 valence electrons. The predicted octanol–water partition coefficient (Wildman–Crippen LogP) is 1.32. The van der Waals surface area contributed by atoms with E-state index in [0.717, 1.165) is 29.8 Å². The van der Waals surface area contributed by atoms with Crippen molar-refractivity contribution in [2.45, 2.75) is 37.8 Å². The Labute approximate surface area is 107 Å². The highest BCUT2D eigenvalue weighted by Gasteiger charge is 2.24. The number of hydrogen-bond donors (Lipinski definition) is 3. The maximum Gasteiger partial charge on any atom is 0.228 e. The molecule has 1 fully saturated rings. The molecule has 0 saturated carbocycles. The largest absolute Gasteiger partial charge is 0.326 e. The van der Waals surface area contributed by atoms with Gasteiger partial charge in [-0.25, -0.2) is 0 Å². The molecule has 1 aromatic rings. The summed E-state index contributed by atoms with van der Waals surface area (Å²) in [7, 11) is 0. The van der Waals surface area contributed by atoms with Gasteiger partial charge in [0.15, 0.2) is 0 Å². The smallest absolute Gasteiger partial charge is 0.228 e. The zero-order valence-corrected chi connectivity index (χ0v) is 10.4. The third-order valence-electron chi connectivity index (χ3n) is 3.92. The average Bonchev–Trinajstić information content (AvgIpc) is 2.78. The monoisotopic (exact) mass is 245 g/mol. The number of carbonyl (C=O) groups is 1. The molecular formula is C14H19N3O. The summed E-state index contributed by atoms with van der Waals surface area (Å²) in [4.78, 5) is 11.3. The molecule has 2 unspecified atom stereocenters. The van der Waals surface area contributed by atoms with Crippen LogP contribution >= 0.6 is 0 Å². The molecule has 1 amide bonds. The second-order valence-corrected chi connectivity index (χ2v) is 5.22. The van der Waals surface area contributed by atoms with E-state index in [4.69, 9.17) is 5.73 Å². The summed E-state index contributed by atoms with van der Waals surface area (Å²) in [5, 5.41) is 6.33. The third-order valence-corrected chi connectivity index (χ3v) is 3.92. The summed E-state index contributed by atoms with van der Waals surface area (Å²) in [5.74, 6) is 0.0755. The fourth-order valence-electron chi connectivity index (χ4n) is 2.87. The molecule has 3 rings (SSSR count). The van der Waals surface area contributed by atoms with Gasteiger partial charge >= 0.3 is 0 Å². The molecule has 0 radical (unpaired) electrons. The maximum absolute atomic E-state index is 11.3. The first-order valence-corrected chi connectivity index (χ1v) is 6.66. The van der Waals surface area contributed by atoms with Crippen molar-refractivity contribution in [3.8, 4) is 0 Å². The van der Waals surface area contributed by atoms with Crippen LogP contribution in [0.5, 0.6) is 0 Å². The van der Waals surface area contributed by atoms with Gasteiger partial charge in [0.1, 0.15) is 0 Å². The van der Waals surface area contributed by atoms with Crippen molar-refractivity contribution in [2.24, 2.45) is 5.73 Å². The Morgan fingerprint density at radius 1 is 1.33 bits per heavy atom. The van der Waals surface area contributed by atoms with Crippen LogP contribution in [0.15, 0.2) is 18.2 Å². The van der Waals surface area contributed by atoms with Gasteiger partial charge in [-0.1, -0.05) is 18.6 Å². The van der Waals surface area contributed by atoms with Crippen molar-refractivity contribution in [2.75, 3.05) is 11.9 Å². The molecule has 0 spiro atoms. The molecule has 0 bridgehead atoms. The second kappa shape index (κ2) is 4.71. The van der Waals surface area contributed by atoms with Gasteiger partial charge < -0.3 is 16.4 Å². The zero-order valence-electron chi connectivity index (χ0n) is 10.4. The van der Waals surface area contributed by atoms with Gasteiger partial charge in [-0.3, -0.25) is 4.79 Å². The zero-order chi connectivity index (χ0) is 12.5. The van der Waals surface area contributed by atoms with Gasteiger partial charge in [0, 0.05) is 17.8 Å². The Bertz CT molecular complexity index is 466. The quantitative estimate of drug-likeness (QED) is 0.736. The van der Waals surface area contributed by atoms with E-state index in [1.807, 2.05) is 12.1 Å². The van der Waals surface area contributed by atoms with Gasteiger partial charge in [-0.05, 0) is 36.6 Å². The number of amides is 1. The topological polar surface area (TPSA) is 67.2 Å². The molecule has 4 nitrogen and oxygen atoms in total. The molecule has 1 aromatic carbocycles. The summed E-state index contributed by atoms with van der Waals surface area (Å²) in [6.07, 6.45) is 4.10. The SMILES string of the molecule is NC(c1ccc2c(c1)CC(=O)N2)C1CCCCN1.